The summed E-state index contributed by atoms with van der Waals surface area (Å²) in [6, 6.07) is 0. The Balaban J connectivity index is 2.03. The average Bonchev–Trinajstić information content (AvgIpc) is 3.01. The number of aromatic amines is 1. The van der Waals surface area contributed by atoms with Crippen molar-refractivity contribution in [3.8, 4) is 0 Å². The monoisotopic (exact) mass is 346 g/mol. The van der Waals surface area contributed by atoms with E-state index in [0.29, 0.717) is 16.7 Å². The van der Waals surface area contributed by atoms with E-state index in [1.807, 2.05) is 5.82 Å². The van der Waals surface area contributed by atoms with Crippen LogP contribution in [0.15, 0.2) is 6.33 Å². The van der Waals surface area contributed by atoms with Crippen molar-refractivity contribution in [2.75, 3.05) is 6.61 Å². The molecule has 0 aromatic carbocycles. The second-order valence-corrected chi connectivity index (χ2v) is 6.14. The molecule has 4 atom stereocenters. The van der Waals surface area contributed by atoms with Gasteiger partial charge in [0.05, 0.1) is 0 Å². The van der Waals surface area contributed by atoms with Gasteiger partial charge in [-0.25, -0.2) is 0 Å². The Morgan fingerprint density at radius 3 is 2.75 bits per heavy atom. The topological polar surface area (TPSA) is 124 Å². The fraction of sp³-hybridized carbons (Fsp3) is 0.545. The molecule has 20 heavy (non-hydrogen) atoms. The Hall–Kier alpha value is -1.09. The Labute approximate surface area is 120 Å². The number of aromatic nitrogens is 4. The standard InChI is InChI=1S/C11H14N4O4Se/c1-20-11-7-5(12-3-13-11)6(14-15-7)10-9(18)8(17)4(2-16)19-10/h3-4,8-10,16-18H,2H2,1H3,(H,14,15)/t4-,8-,9-,10+/m1/s1. The van der Waals surface area contributed by atoms with Gasteiger partial charge in [-0.15, -0.1) is 0 Å². The molecule has 108 valence electrons. The van der Waals surface area contributed by atoms with Gasteiger partial charge in [0, 0.05) is 0 Å². The summed E-state index contributed by atoms with van der Waals surface area (Å²) in [5, 5.41) is 35.9. The number of H-pyrrole nitrogens is 1. The van der Waals surface area contributed by atoms with E-state index in [2.05, 4.69) is 20.2 Å². The molecule has 4 N–H and O–H groups in total. The molecule has 0 aliphatic carbocycles. The molecule has 1 aliphatic heterocycles. The van der Waals surface area contributed by atoms with Gasteiger partial charge < -0.3 is 0 Å². The SMILES string of the molecule is C[Se]c1ncnc2c([C@@H]3O[C@H](CO)[C@@H](O)[C@H]3O)[nH]nc12. The van der Waals surface area contributed by atoms with Gasteiger partial charge in [-0.2, -0.15) is 0 Å². The molecule has 0 unspecified atom stereocenters. The zero-order valence-corrected chi connectivity index (χ0v) is 12.3. The number of hydrogen-bond donors (Lipinski definition) is 4. The minimum absolute atomic E-state index is 0.163. The van der Waals surface area contributed by atoms with Crippen molar-refractivity contribution >= 4 is 30.6 Å². The van der Waals surface area contributed by atoms with Crippen molar-refractivity contribution in [1.29, 1.82) is 0 Å². The van der Waals surface area contributed by atoms with Crippen LogP contribution in [0.4, 0.5) is 0 Å². The quantitative estimate of drug-likeness (QED) is 0.469. The fourth-order valence-corrected chi connectivity index (χ4v) is 3.34. The van der Waals surface area contributed by atoms with E-state index in [1.165, 1.54) is 6.33 Å². The predicted octanol–water partition coefficient (Wildman–Crippen LogP) is -2.12. The summed E-state index contributed by atoms with van der Waals surface area (Å²) < 4.78 is 6.34. The maximum atomic E-state index is 10.0. The third-order valence-electron chi connectivity index (χ3n) is 3.35. The molecule has 9 heteroatoms. The number of ether oxygens (including phenoxy) is 1. The first-order valence-corrected chi connectivity index (χ1v) is 8.59. The van der Waals surface area contributed by atoms with Gasteiger partial charge >= 0.3 is 120 Å². The van der Waals surface area contributed by atoms with E-state index in [9.17, 15) is 10.2 Å². The van der Waals surface area contributed by atoms with E-state index in [-0.39, 0.29) is 21.6 Å². The Morgan fingerprint density at radius 1 is 1.30 bits per heavy atom. The number of nitrogens with zero attached hydrogens (tertiary/aromatic N) is 3. The number of nitrogens with one attached hydrogen (secondary N) is 1. The third-order valence-corrected chi connectivity index (χ3v) is 4.79. The van der Waals surface area contributed by atoms with Gasteiger partial charge in [0.15, 0.2) is 0 Å². The third kappa shape index (κ3) is 2.03. The van der Waals surface area contributed by atoms with Crippen LogP contribution in [-0.2, 0) is 4.74 Å². The normalized spacial score (nSPS) is 30.2. The van der Waals surface area contributed by atoms with Crippen LogP contribution in [0.25, 0.3) is 11.0 Å². The summed E-state index contributed by atoms with van der Waals surface area (Å²) in [4.78, 5) is 8.35. The summed E-state index contributed by atoms with van der Waals surface area (Å²) in [6.45, 7) is -0.362. The molecule has 1 aliphatic rings. The molecule has 1 fully saturated rings. The van der Waals surface area contributed by atoms with Crippen LogP contribution in [0, 0.1) is 0 Å². The Bertz CT molecular complexity index is 621. The summed E-state index contributed by atoms with van der Waals surface area (Å²) in [5.41, 5.74) is 1.73. The Kier molecular flexibility index (Phi) is 3.72. The van der Waals surface area contributed by atoms with Crippen molar-refractivity contribution in [1.82, 2.24) is 20.2 Å². The van der Waals surface area contributed by atoms with Crippen molar-refractivity contribution in [2.24, 2.45) is 0 Å². The molecule has 0 amide bonds. The van der Waals surface area contributed by atoms with E-state index in [1.54, 1.807) is 0 Å². The zero-order valence-electron chi connectivity index (χ0n) is 10.6. The maximum absolute atomic E-state index is 10.0. The van der Waals surface area contributed by atoms with E-state index in [4.69, 9.17) is 9.84 Å². The second-order valence-electron chi connectivity index (χ2n) is 4.48. The first-order chi connectivity index (χ1) is 9.67. The predicted molar refractivity (Wildman–Crippen MR) is 69.6 cm³/mol. The van der Waals surface area contributed by atoms with E-state index in [0.717, 1.165) is 4.59 Å². The number of hydrogen-bond acceptors (Lipinski definition) is 7. The van der Waals surface area contributed by atoms with Crippen LogP contribution >= 0.6 is 0 Å². The van der Waals surface area contributed by atoms with Crippen molar-refractivity contribution in [3.63, 3.8) is 0 Å². The zero-order chi connectivity index (χ0) is 14.3. The van der Waals surface area contributed by atoms with Crippen LogP contribution in [0.3, 0.4) is 0 Å². The van der Waals surface area contributed by atoms with E-state index >= 15 is 0 Å². The van der Waals surface area contributed by atoms with E-state index < -0.39 is 24.4 Å². The van der Waals surface area contributed by atoms with Crippen LogP contribution in [0.5, 0.6) is 0 Å². The molecular formula is C11H14N4O4Se. The fourth-order valence-electron chi connectivity index (χ4n) is 2.32. The van der Waals surface area contributed by atoms with Gasteiger partial charge in [0.25, 0.3) is 0 Å². The summed E-state index contributed by atoms with van der Waals surface area (Å²) in [5.74, 6) is 2.02. The average molecular weight is 345 g/mol. The number of fused-ring (bicyclic) bond motifs is 1. The number of rotatable bonds is 3. The van der Waals surface area contributed by atoms with Gasteiger partial charge in [-0.05, 0) is 0 Å². The summed E-state index contributed by atoms with van der Waals surface area (Å²) >= 11 is 0.163. The first kappa shape index (κ1) is 13.9. The van der Waals surface area contributed by atoms with Crippen LogP contribution in [0.2, 0.25) is 5.82 Å². The molecule has 0 spiro atoms. The Morgan fingerprint density at radius 2 is 2.10 bits per heavy atom. The van der Waals surface area contributed by atoms with Crippen LogP contribution in [0.1, 0.15) is 11.8 Å². The molecule has 3 heterocycles. The van der Waals surface area contributed by atoms with Crippen molar-refractivity contribution < 1.29 is 20.1 Å². The molecule has 0 saturated carbocycles. The minimum atomic E-state index is -1.14. The number of aliphatic hydroxyl groups is 3. The molecular weight excluding hydrogens is 331 g/mol. The molecule has 3 rings (SSSR count). The molecule has 2 aromatic rings. The number of aliphatic hydroxyl groups excluding tert-OH is 3. The molecule has 0 bridgehead atoms. The molecule has 8 nitrogen and oxygen atoms in total. The van der Waals surface area contributed by atoms with Gasteiger partial charge in [0.2, 0.25) is 0 Å². The summed E-state index contributed by atoms with van der Waals surface area (Å²) in [6.07, 6.45) is -2.44. The first-order valence-electron chi connectivity index (χ1n) is 6.02. The van der Waals surface area contributed by atoms with Crippen molar-refractivity contribution in [3.05, 3.63) is 12.0 Å². The van der Waals surface area contributed by atoms with Crippen molar-refractivity contribution in [2.45, 2.75) is 30.2 Å². The van der Waals surface area contributed by atoms with Gasteiger partial charge in [0.1, 0.15) is 0 Å². The summed E-state index contributed by atoms with van der Waals surface area (Å²) in [7, 11) is 0. The molecule has 1 saturated heterocycles. The second kappa shape index (κ2) is 5.36. The van der Waals surface area contributed by atoms with Crippen LogP contribution in [-0.4, -0.2) is 75.4 Å². The van der Waals surface area contributed by atoms with Gasteiger partial charge in [-0.3, -0.25) is 0 Å². The molecule has 0 radical (unpaired) electrons. The van der Waals surface area contributed by atoms with Crippen LogP contribution < -0.4 is 4.59 Å². The molecule has 2 aromatic heterocycles. The van der Waals surface area contributed by atoms with Gasteiger partial charge in [-0.1, -0.05) is 0 Å².